The minimum absolute atomic E-state index is 0.101. The molecule has 0 radical (unpaired) electrons. The van der Waals surface area contributed by atoms with Crippen molar-refractivity contribution in [1.29, 1.82) is 0 Å². The molecule has 1 aliphatic heterocycles. The summed E-state index contributed by atoms with van der Waals surface area (Å²) in [5, 5.41) is 1.35. The molecule has 1 aliphatic rings. The third-order valence-corrected chi connectivity index (χ3v) is 4.98. The molecule has 6 nitrogen and oxygen atoms in total. The molecule has 0 aromatic heterocycles. The quantitative estimate of drug-likeness (QED) is 0.750. The first-order valence-electron chi connectivity index (χ1n) is 7.92. The predicted octanol–water partition coefficient (Wildman–Crippen LogP) is 3.63. The summed E-state index contributed by atoms with van der Waals surface area (Å²) in [5.41, 5.74) is 13.5. The first kappa shape index (κ1) is 20.7. The van der Waals surface area contributed by atoms with Gasteiger partial charge in [0.05, 0.1) is 11.9 Å². The summed E-state index contributed by atoms with van der Waals surface area (Å²) in [5.74, 6) is -2.40. The van der Waals surface area contributed by atoms with Crippen LogP contribution in [0.3, 0.4) is 0 Å². The Balaban J connectivity index is 2.13. The topological polar surface area (TPSA) is 84.8 Å². The molecule has 4 N–H and O–H groups in total. The normalized spacial score (nSPS) is 20.1. The van der Waals surface area contributed by atoms with E-state index in [0.717, 1.165) is 0 Å². The fourth-order valence-corrected chi connectivity index (χ4v) is 3.47. The second-order valence-electron chi connectivity index (χ2n) is 6.10. The van der Waals surface area contributed by atoms with Gasteiger partial charge in [0.2, 0.25) is 0 Å². The summed E-state index contributed by atoms with van der Waals surface area (Å²) in [4.78, 5) is 17.3. The molecule has 2 atom stereocenters. The molecular formula is C17H15Cl2F3N4O2. The Kier molecular flexibility index (Phi) is 5.48. The average Bonchev–Trinajstić information content (AvgIpc) is 2.62. The van der Waals surface area contributed by atoms with Crippen LogP contribution in [0.1, 0.15) is 11.7 Å². The minimum atomic E-state index is -5.19. The highest BCUT2D eigenvalue weighted by atomic mass is 35.5. The van der Waals surface area contributed by atoms with Crippen LogP contribution in [0.15, 0.2) is 36.4 Å². The van der Waals surface area contributed by atoms with Crippen LogP contribution in [0.5, 0.6) is 0 Å². The first-order chi connectivity index (χ1) is 13.0. The van der Waals surface area contributed by atoms with Crippen LogP contribution >= 0.6 is 23.2 Å². The highest BCUT2D eigenvalue weighted by Gasteiger charge is 2.45. The van der Waals surface area contributed by atoms with Gasteiger partial charge < -0.3 is 10.6 Å². The molecule has 0 saturated heterocycles. The highest BCUT2D eigenvalue weighted by molar-refractivity contribution is 6.39. The number of carbonyl (C=O) groups is 1. The van der Waals surface area contributed by atoms with E-state index < -0.39 is 24.6 Å². The number of hydrogen-bond donors (Lipinski definition) is 2. The Bertz CT molecular complexity index is 906. The van der Waals surface area contributed by atoms with Gasteiger partial charge in [-0.2, -0.15) is 18.2 Å². The molecule has 0 aliphatic carbocycles. The molecule has 2 aromatic rings. The molecule has 0 spiro atoms. The number of anilines is 1. The molecule has 0 fully saturated rings. The van der Waals surface area contributed by atoms with Crippen molar-refractivity contribution in [2.24, 2.45) is 11.5 Å². The fourth-order valence-electron chi connectivity index (χ4n) is 2.85. The number of hydroxylamine groups is 1. The van der Waals surface area contributed by atoms with E-state index in [-0.39, 0.29) is 5.69 Å². The number of halogens is 5. The molecule has 0 bridgehead atoms. The molecule has 28 heavy (non-hydrogen) atoms. The van der Waals surface area contributed by atoms with E-state index in [9.17, 15) is 18.0 Å². The standard InChI is InChI=1S/C17H15Cl2F3N4O2/c1-25-14(23)9-6-5-8(13-10(18)3-2-4-11(13)19)7-12(9)26(16(25)24)28-15(27)17(20,21)22/h2-7,14,16H,23-24H2,1H3. The van der Waals surface area contributed by atoms with Gasteiger partial charge in [-0.3, -0.25) is 10.6 Å². The molecule has 0 amide bonds. The van der Waals surface area contributed by atoms with Crippen molar-refractivity contribution in [2.75, 3.05) is 12.1 Å². The SMILES string of the molecule is CN1C(N)c2ccc(-c3c(Cl)cccc3Cl)cc2N(OC(=O)C(F)(F)F)C1N. The lowest BCUT2D eigenvalue weighted by Gasteiger charge is -2.43. The molecule has 2 unspecified atom stereocenters. The second-order valence-corrected chi connectivity index (χ2v) is 6.91. The summed E-state index contributed by atoms with van der Waals surface area (Å²) >= 11 is 12.4. The number of rotatable bonds is 2. The third kappa shape index (κ3) is 3.63. The first-order valence-corrected chi connectivity index (χ1v) is 8.67. The Morgan fingerprint density at radius 2 is 1.75 bits per heavy atom. The summed E-state index contributed by atoms with van der Waals surface area (Å²) in [6, 6.07) is 9.62. The van der Waals surface area contributed by atoms with Crippen molar-refractivity contribution >= 4 is 34.9 Å². The van der Waals surface area contributed by atoms with Gasteiger partial charge >= 0.3 is 12.1 Å². The predicted molar refractivity (Wildman–Crippen MR) is 99.2 cm³/mol. The maximum Gasteiger partial charge on any atom is 0.493 e. The van der Waals surface area contributed by atoms with Gasteiger partial charge in [0.1, 0.15) is 0 Å². The van der Waals surface area contributed by atoms with E-state index in [4.69, 9.17) is 34.7 Å². The van der Waals surface area contributed by atoms with Crippen molar-refractivity contribution in [3.05, 3.63) is 52.0 Å². The average molecular weight is 435 g/mol. The van der Waals surface area contributed by atoms with Crippen molar-refractivity contribution < 1.29 is 22.8 Å². The number of nitrogens with two attached hydrogens (primary N) is 2. The minimum Gasteiger partial charge on any atom is -0.329 e. The number of carbonyl (C=O) groups excluding carboxylic acids is 1. The maximum atomic E-state index is 12.7. The largest absolute Gasteiger partial charge is 0.493 e. The van der Waals surface area contributed by atoms with E-state index in [1.54, 1.807) is 30.3 Å². The van der Waals surface area contributed by atoms with Gasteiger partial charge in [-0.15, -0.1) is 0 Å². The fraction of sp³-hybridized carbons (Fsp3) is 0.235. The molecule has 3 rings (SSSR count). The van der Waals surface area contributed by atoms with E-state index in [0.29, 0.717) is 31.8 Å². The number of fused-ring (bicyclic) bond motifs is 1. The van der Waals surface area contributed by atoms with Crippen LogP contribution in [-0.4, -0.2) is 30.4 Å². The molecule has 150 valence electrons. The second kappa shape index (κ2) is 7.41. The van der Waals surface area contributed by atoms with E-state index in [2.05, 4.69) is 4.84 Å². The molecular weight excluding hydrogens is 420 g/mol. The van der Waals surface area contributed by atoms with Crippen molar-refractivity contribution in [3.8, 4) is 11.1 Å². The summed E-state index contributed by atoms with van der Waals surface area (Å²) in [7, 11) is 1.49. The van der Waals surface area contributed by atoms with Crippen molar-refractivity contribution in [2.45, 2.75) is 18.6 Å². The summed E-state index contributed by atoms with van der Waals surface area (Å²) in [6.45, 7) is 0. The van der Waals surface area contributed by atoms with Crippen LogP contribution in [-0.2, 0) is 9.63 Å². The number of alkyl halides is 3. The highest BCUT2D eigenvalue weighted by Crippen LogP contribution is 2.41. The van der Waals surface area contributed by atoms with Crippen LogP contribution in [0.25, 0.3) is 11.1 Å². The number of hydrogen-bond acceptors (Lipinski definition) is 6. The van der Waals surface area contributed by atoms with E-state index in [1.807, 2.05) is 0 Å². The zero-order valence-electron chi connectivity index (χ0n) is 14.4. The third-order valence-electron chi connectivity index (χ3n) is 4.35. The smallest absolute Gasteiger partial charge is 0.329 e. The molecule has 0 saturated carbocycles. The Morgan fingerprint density at radius 3 is 2.32 bits per heavy atom. The van der Waals surface area contributed by atoms with Gasteiger partial charge in [-0.05, 0) is 30.8 Å². The summed E-state index contributed by atoms with van der Waals surface area (Å²) in [6.07, 6.45) is -7.17. The van der Waals surface area contributed by atoms with Gasteiger partial charge in [0.25, 0.3) is 0 Å². The number of nitrogens with zero attached hydrogens (tertiary/aromatic N) is 2. The van der Waals surface area contributed by atoms with E-state index in [1.165, 1.54) is 18.0 Å². The van der Waals surface area contributed by atoms with Crippen LogP contribution in [0.4, 0.5) is 18.9 Å². The summed E-state index contributed by atoms with van der Waals surface area (Å²) < 4.78 is 38.1. The van der Waals surface area contributed by atoms with Gasteiger partial charge in [0, 0.05) is 21.2 Å². The Labute approximate surface area is 168 Å². The monoisotopic (exact) mass is 434 g/mol. The molecule has 1 heterocycles. The lowest BCUT2D eigenvalue weighted by molar-refractivity contribution is -0.204. The van der Waals surface area contributed by atoms with Crippen LogP contribution in [0.2, 0.25) is 10.0 Å². The Morgan fingerprint density at radius 1 is 1.14 bits per heavy atom. The van der Waals surface area contributed by atoms with Crippen molar-refractivity contribution in [1.82, 2.24) is 4.90 Å². The lowest BCUT2D eigenvalue weighted by Crippen LogP contribution is -2.60. The maximum absolute atomic E-state index is 12.7. The lowest BCUT2D eigenvalue weighted by atomic mass is 9.99. The van der Waals surface area contributed by atoms with Gasteiger partial charge in [-0.1, -0.05) is 41.4 Å². The van der Waals surface area contributed by atoms with E-state index >= 15 is 0 Å². The van der Waals surface area contributed by atoms with Crippen LogP contribution in [0, 0.1) is 0 Å². The number of benzene rings is 2. The molecule has 2 aromatic carbocycles. The van der Waals surface area contributed by atoms with Crippen molar-refractivity contribution in [3.63, 3.8) is 0 Å². The van der Waals surface area contributed by atoms with Gasteiger partial charge in [0.15, 0.2) is 6.29 Å². The van der Waals surface area contributed by atoms with Crippen LogP contribution < -0.4 is 16.5 Å². The van der Waals surface area contributed by atoms with Gasteiger partial charge in [-0.25, -0.2) is 4.79 Å². The zero-order valence-corrected chi connectivity index (χ0v) is 15.9. The zero-order chi connectivity index (χ0) is 20.8. The molecule has 11 heteroatoms. The Hall–Kier alpha value is -2.04.